The molecule has 0 aromatic heterocycles. The molecule has 0 aliphatic carbocycles. The van der Waals surface area contributed by atoms with Crippen molar-refractivity contribution >= 4 is 55.7 Å². The van der Waals surface area contributed by atoms with Crippen molar-refractivity contribution in [2.75, 3.05) is 6.61 Å². The molecule has 7 nitrogen and oxygen atoms in total. The van der Waals surface area contributed by atoms with Crippen molar-refractivity contribution in [3.05, 3.63) is 63.4 Å². The van der Waals surface area contributed by atoms with Crippen molar-refractivity contribution in [2.45, 2.75) is 27.4 Å². The van der Waals surface area contributed by atoms with E-state index in [2.05, 4.69) is 26.0 Å². The predicted octanol–water partition coefficient (Wildman–Crippen LogP) is 5.84. The summed E-state index contributed by atoms with van der Waals surface area (Å²) in [7, 11) is 0. The van der Waals surface area contributed by atoms with Gasteiger partial charge >= 0.3 is 0 Å². The summed E-state index contributed by atoms with van der Waals surface area (Å²) in [6.07, 6.45) is 1.58. The predicted molar refractivity (Wildman–Crippen MR) is 136 cm³/mol. The van der Waals surface area contributed by atoms with Crippen LogP contribution in [0.4, 0.5) is 4.39 Å². The number of rotatable bonds is 7. The molecule has 2 aromatic carbocycles. The lowest BCUT2D eigenvalue weighted by Gasteiger charge is -2.20. The van der Waals surface area contributed by atoms with E-state index in [1.807, 2.05) is 20.8 Å². The summed E-state index contributed by atoms with van der Waals surface area (Å²) in [4.78, 5) is 16.8. The molecule has 2 aliphatic heterocycles. The Labute approximate surface area is 209 Å². The fraction of sp³-hybridized carbons (Fsp3) is 0.250. The lowest BCUT2D eigenvalue weighted by atomic mass is 10.1. The number of hydrogen-bond acceptors (Lipinski definition) is 6. The third-order valence-corrected chi connectivity index (χ3v) is 6.73. The number of benzene rings is 2. The Balaban J connectivity index is 1.64. The first-order valence-corrected chi connectivity index (χ1v) is 12.2. The fourth-order valence-electron chi connectivity index (χ4n) is 3.25. The van der Waals surface area contributed by atoms with Gasteiger partial charge in [-0.1, -0.05) is 32.0 Å². The van der Waals surface area contributed by atoms with Crippen LogP contribution in [-0.2, 0) is 11.4 Å². The molecule has 0 bridgehead atoms. The Morgan fingerprint density at radius 1 is 1.26 bits per heavy atom. The highest BCUT2D eigenvalue weighted by Gasteiger charge is 2.36. The Bertz CT molecular complexity index is 1260. The molecule has 10 heteroatoms. The zero-order chi connectivity index (χ0) is 24.4. The quantitative estimate of drug-likeness (QED) is 0.442. The number of ether oxygens (including phenoxy) is 2. The number of halogens is 2. The molecule has 1 amide bonds. The summed E-state index contributed by atoms with van der Waals surface area (Å²) in [6.45, 7) is 6.23. The van der Waals surface area contributed by atoms with Gasteiger partial charge in [0.1, 0.15) is 17.5 Å². The molecule has 0 unspecified atom stereocenters. The summed E-state index contributed by atoms with van der Waals surface area (Å²) in [6, 6.07) is 9.85. The minimum atomic E-state index is -0.502. The molecule has 0 saturated heterocycles. The SMILES string of the molecule is CCOc1cc(/C=C2/C(=N)N3N=C(C(C)C)SC3=NC2=O)cc(Br)c1OCc1ccccc1F. The number of nitrogens with one attached hydrogen (secondary N) is 1. The van der Waals surface area contributed by atoms with Crippen molar-refractivity contribution < 1.29 is 18.7 Å². The number of fused-ring (bicyclic) bond motifs is 1. The first-order valence-electron chi connectivity index (χ1n) is 10.6. The highest BCUT2D eigenvalue weighted by Crippen LogP contribution is 2.39. The topological polar surface area (TPSA) is 87.3 Å². The standard InChI is InChI=1S/C24H22BrFN4O3S/c1-4-32-19-11-14(10-17(25)20(19)33-12-15-7-5-6-8-18(15)26)9-16-21(27)30-24(28-22(16)31)34-23(29-30)13(2)3/h5-11,13,27H,4,12H2,1-3H3/b16-9-,27-21?. The molecule has 34 heavy (non-hydrogen) atoms. The van der Waals surface area contributed by atoms with Gasteiger partial charge in [-0.3, -0.25) is 10.2 Å². The maximum absolute atomic E-state index is 14.0. The van der Waals surface area contributed by atoms with E-state index in [-0.39, 0.29) is 29.8 Å². The molecule has 2 aromatic rings. The molecule has 0 fully saturated rings. The maximum atomic E-state index is 14.0. The van der Waals surface area contributed by atoms with Crippen LogP contribution in [-0.4, -0.2) is 33.6 Å². The van der Waals surface area contributed by atoms with Gasteiger partial charge in [-0.25, -0.2) is 4.39 Å². The van der Waals surface area contributed by atoms with Gasteiger partial charge in [0, 0.05) is 11.5 Å². The molecular weight excluding hydrogens is 523 g/mol. The molecule has 2 aliphatic rings. The smallest absolute Gasteiger partial charge is 0.283 e. The zero-order valence-electron chi connectivity index (χ0n) is 18.8. The molecule has 4 rings (SSSR count). The summed E-state index contributed by atoms with van der Waals surface area (Å²) >= 11 is 4.80. The Hall–Kier alpha value is -2.98. The van der Waals surface area contributed by atoms with E-state index in [1.165, 1.54) is 22.8 Å². The first kappa shape index (κ1) is 24.2. The van der Waals surface area contributed by atoms with Gasteiger partial charge in [-0.15, -0.1) is 0 Å². The lowest BCUT2D eigenvalue weighted by molar-refractivity contribution is -0.114. The maximum Gasteiger partial charge on any atom is 0.283 e. The number of hydrazone groups is 1. The van der Waals surface area contributed by atoms with Crippen LogP contribution in [0.1, 0.15) is 31.9 Å². The fourth-order valence-corrected chi connectivity index (χ4v) is 4.71. The zero-order valence-corrected chi connectivity index (χ0v) is 21.2. The second-order valence-corrected chi connectivity index (χ2v) is 9.60. The van der Waals surface area contributed by atoms with Crippen molar-refractivity contribution in [3.63, 3.8) is 0 Å². The number of hydrogen-bond donors (Lipinski definition) is 1. The molecule has 1 N–H and O–H groups in total. The first-order chi connectivity index (χ1) is 16.3. The third kappa shape index (κ3) is 4.92. The minimum Gasteiger partial charge on any atom is -0.490 e. The van der Waals surface area contributed by atoms with E-state index in [9.17, 15) is 9.18 Å². The van der Waals surface area contributed by atoms with Gasteiger partial charge < -0.3 is 9.47 Å². The van der Waals surface area contributed by atoms with Crippen LogP contribution in [0.5, 0.6) is 11.5 Å². The van der Waals surface area contributed by atoms with Gasteiger partial charge in [-0.2, -0.15) is 15.1 Å². The van der Waals surface area contributed by atoms with E-state index < -0.39 is 5.91 Å². The van der Waals surface area contributed by atoms with Crippen LogP contribution >= 0.6 is 27.7 Å². The lowest BCUT2D eigenvalue weighted by Crippen LogP contribution is -2.35. The summed E-state index contributed by atoms with van der Waals surface area (Å²) in [5, 5.41) is 15.5. The van der Waals surface area contributed by atoms with Crippen LogP contribution in [0.15, 0.2) is 56.5 Å². The van der Waals surface area contributed by atoms with Gasteiger partial charge in [0.25, 0.3) is 5.91 Å². The molecule has 0 saturated carbocycles. The number of carbonyl (C=O) groups excluding carboxylic acids is 1. The number of amides is 1. The van der Waals surface area contributed by atoms with Crippen molar-refractivity contribution in [1.29, 1.82) is 5.41 Å². The molecule has 0 radical (unpaired) electrons. The van der Waals surface area contributed by atoms with Crippen LogP contribution in [0.2, 0.25) is 0 Å². The highest BCUT2D eigenvalue weighted by atomic mass is 79.9. The van der Waals surface area contributed by atoms with Crippen molar-refractivity contribution in [3.8, 4) is 11.5 Å². The Kier molecular flexibility index (Phi) is 7.18. The average Bonchev–Trinajstić information content (AvgIpc) is 3.22. The summed E-state index contributed by atoms with van der Waals surface area (Å²) < 4.78 is 26.2. The van der Waals surface area contributed by atoms with E-state index >= 15 is 0 Å². The second kappa shape index (κ2) is 10.1. The molecular formula is C24H22BrFN4O3S. The molecule has 0 spiro atoms. The third-order valence-electron chi connectivity index (χ3n) is 4.94. The number of carbonyl (C=O) groups is 1. The number of thioether (sulfide) groups is 1. The van der Waals surface area contributed by atoms with E-state index in [4.69, 9.17) is 14.9 Å². The normalized spacial score (nSPS) is 16.6. The van der Waals surface area contributed by atoms with E-state index in [1.54, 1.807) is 36.4 Å². The minimum absolute atomic E-state index is 0.0230. The number of aliphatic imine (C=N–C) groups is 1. The molecule has 0 atom stereocenters. The average molecular weight is 545 g/mol. The Morgan fingerprint density at radius 3 is 2.74 bits per heavy atom. The number of nitrogens with zero attached hydrogens (tertiary/aromatic N) is 3. The van der Waals surface area contributed by atoms with E-state index in [0.717, 1.165) is 5.04 Å². The summed E-state index contributed by atoms with van der Waals surface area (Å²) in [5.74, 6) is 0.117. The van der Waals surface area contributed by atoms with Gasteiger partial charge in [0.05, 0.1) is 16.7 Å². The van der Waals surface area contributed by atoms with Crippen LogP contribution < -0.4 is 9.47 Å². The Morgan fingerprint density at radius 2 is 2.03 bits per heavy atom. The van der Waals surface area contributed by atoms with Crippen LogP contribution in [0.25, 0.3) is 6.08 Å². The summed E-state index contributed by atoms with van der Waals surface area (Å²) in [5.41, 5.74) is 1.15. The van der Waals surface area contributed by atoms with Crippen LogP contribution in [0, 0.1) is 17.1 Å². The molecule has 2 heterocycles. The number of amidine groups is 2. The van der Waals surface area contributed by atoms with Crippen LogP contribution in [0.3, 0.4) is 0 Å². The van der Waals surface area contributed by atoms with Gasteiger partial charge in [-0.05, 0) is 64.5 Å². The van der Waals surface area contributed by atoms with Crippen molar-refractivity contribution in [2.24, 2.45) is 16.0 Å². The van der Waals surface area contributed by atoms with Crippen molar-refractivity contribution in [1.82, 2.24) is 5.01 Å². The van der Waals surface area contributed by atoms with Gasteiger partial charge in [0.15, 0.2) is 17.3 Å². The van der Waals surface area contributed by atoms with Gasteiger partial charge in [0.2, 0.25) is 5.17 Å². The monoisotopic (exact) mass is 544 g/mol. The largest absolute Gasteiger partial charge is 0.490 e. The molecule has 176 valence electrons. The second-order valence-electron chi connectivity index (χ2n) is 7.76. The van der Waals surface area contributed by atoms with E-state index in [0.29, 0.717) is 38.9 Å². The highest BCUT2D eigenvalue weighted by molar-refractivity contribution is 9.10.